The number of anilines is 1. The molecular weight excluding hydrogens is 357 g/mol. The van der Waals surface area contributed by atoms with Crippen LogP contribution in [0.5, 0.6) is 0 Å². The third-order valence-corrected chi connectivity index (χ3v) is 5.11. The summed E-state index contributed by atoms with van der Waals surface area (Å²) < 4.78 is 18.4. The van der Waals surface area contributed by atoms with Crippen LogP contribution in [-0.2, 0) is 11.2 Å². The molecular formula is C22H28FN3O2. The van der Waals surface area contributed by atoms with Crippen molar-refractivity contribution in [1.29, 1.82) is 0 Å². The van der Waals surface area contributed by atoms with Gasteiger partial charge in [-0.2, -0.15) is 0 Å². The molecule has 1 N–H and O–H groups in total. The van der Waals surface area contributed by atoms with E-state index in [0.29, 0.717) is 13.0 Å². The second-order valence-corrected chi connectivity index (χ2v) is 7.16. The van der Waals surface area contributed by atoms with Gasteiger partial charge in [-0.05, 0) is 48.7 Å². The molecule has 1 aliphatic rings. The van der Waals surface area contributed by atoms with Crippen molar-refractivity contribution in [3.8, 4) is 0 Å². The van der Waals surface area contributed by atoms with Gasteiger partial charge in [-0.15, -0.1) is 0 Å². The zero-order valence-electron chi connectivity index (χ0n) is 16.5. The molecule has 0 bridgehead atoms. The number of carbonyl (C=O) groups is 1. The maximum absolute atomic E-state index is 13.0. The topological polar surface area (TPSA) is 44.8 Å². The second-order valence-electron chi connectivity index (χ2n) is 7.16. The molecule has 1 atom stereocenters. The number of nitrogens with one attached hydrogen (secondary N) is 1. The number of morpholine rings is 1. The minimum absolute atomic E-state index is 0.0838. The van der Waals surface area contributed by atoms with Gasteiger partial charge < -0.3 is 19.9 Å². The summed E-state index contributed by atoms with van der Waals surface area (Å²) in [5.74, 6) is -0.247. The number of urea groups is 1. The van der Waals surface area contributed by atoms with Gasteiger partial charge in [-0.1, -0.05) is 24.3 Å². The average molecular weight is 385 g/mol. The molecule has 3 rings (SSSR count). The number of amides is 2. The Bertz CT molecular complexity index is 758. The summed E-state index contributed by atoms with van der Waals surface area (Å²) in [6.07, 6.45) is 0.687. The van der Waals surface area contributed by atoms with Crippen molar-refractivity contribution < 1.29 is 13.9 Å². The van der Waals surface area contributed by atoms with Crippen molar-refractivity contribution >= 4 is 11.7 Å². The lowest BCUT2D eigenvalue weighted by Crippen LogP contribution is -2.39. The number of ether oxygens (including phenoxy) is 1. The van der Waals surface area contributed by atoms with Crippen LogP contribution in [0.15, 0.2) is 48.5 Å². The third-order valence-electron chi connectivity index (χ3n) is 5.11. The quantitative estimate of drug-likeness (QED) is 0.826. The number of halogens is 1. The summed E-state index contributed by atoms with van der Waals surface area (Å²) in [5, 5.41) is 3.03. The predicted molar refractivity (Wildman–Crippen MR) is 109 cm³/mol. The molecule has 28 heavy (non-hydrogen) atoms. The SMILES string of the molecule is CC(NC(=O)N(C)CCc1ccc(F)cc1)c1ccc(N2CCOCC2)cc1. The summed E-state index contributed by atoms with van der Waals surface area (Å²) in [7, 11) is 1.77. The summed E-state index contributed by atoms with van der Waals surface area (Å²) in [5.41, 5.74) is 3.26. The highest BCUT2D eigenvalue weighted by Gasteiger charge is 2.15. The van der Waals surface area contributed by atoms with Crippen LogP contribution in [0.4, 0.5) is 14.9 Å². The molecule has 1 aliphatic heterocycles. The minimum Gasteiger partial charge on any atom is -0.378 e. The molecule has 0 saturated carbocycles. The van der Waals surface area contributed by atoms with Crippen molar-refractivity contribution in [2.24, 2.45) is 0 Å². The maximum atomic E-state index is 13.0. The molecule has 0 aliphatic carbocycles. The predicted octanol–water partition coefficient (Wildman–Crippen LogP) is 3.61. The second kappa shape index (κ2) is 9.55. The number of rotatable bonds is 6. The van der Waals surface area contributed by atoms with E-state index in [2.05, 4.69) is 34.5 Å². The molecule has 2 aromatic rings. The van der Waals surface area contributed by atoms with Crippen molar-refractivity contribution in [2.45, 2.75) is 19.4 Å². The summed E-state index contributed by atoms with van der Waals surface area (Å²) in [6, 6.07) is 14.5. The van der Waals surface area contributed by atoms with Crippen LogP contribution in [0.1, 0.15) is 24.1 Å². The molecule has 1 fully saturated rings. The fourth-order valence-corrected chi connectivity index (χ4v) is 3.22. The van der Waals surface area contributed by atoms with Crippen LogP contribution in [-0.4, -0.2) is 50.8 Å². The average Bonchev–Trinajstić information content (AvgIpc) is 2.73. The van der Waals surface area contributed by atoms with Crippen LogP contribution in [0.3, 0.4) is 0 Å². The Labute approximate surface area is 166 Å². The first-order valence-electron chi connectivity index (χ1n) is 9.71. The minimum atomic E-state index is -0.247. The standard InChI is InChI=1S/C22H28FN3O2/c1-17(19-5-9-21(10-6-19)26-13-15-28-16-14-26)24-22(27)25(2)12-11-18-3-7-20(23)8-4-18/h3-10,17H,11-16H2,1-2H3,(H,24,27). The lowest BCUT2D eigenvalue weighted by molar-refractivity contribution is 0.122. The first-order chi connectivity index (χ1) is 13.5. The van der Waals surface area contributed by atoms with Crippen LogP contribution >= 0.6 is 0 Å². The zero-order chi connectivity index (χ0) is 19.9. The molecule has 0 aromatic heterocycles. The van der Waals surface area contributed by atoms with Crippen LogP contribution in [0.2, 0.25) is 0 Å². The Morgan fingerprint density at radius 3 is 2.43 bits per heavy atom. The molecule has 5 nitrogen and oxygen atoms in total. The summed E-state index contributed by atoms with van der Waals surface area (Å²) >= 11 is 0. The van der Waals surface area contributed by atoms with E-state index in [9.17, 15) is 9.18 Å². The van der Waals surface area contributed by atoms with E-state index >= 15 is 0 Å². The van der Waals surface area contributed by atoms with E-state index in [1.807, 2.05) is 6.92 Å². The van der Waals surface area contributed by atoms with Gasteiger partial charge in [-0.3, -0.25) is 0 Å². The van der Waals surface area contributed by atoms with Gasteiger partial charge in [0.15, 0.2) is 0 Å². The molecule has 0 radical (unpaired) electrons. The number of hydrogen-bond acceptors (Lipinski definition) is 3. The van der Waals surface area contributed by atoms with Gasteiger partial charge in [0.05, 0.1) is 19.3 Å². The number of benzene rings is 2. The Hall–Kier alpha value is -2.60. The molecule has 2 amide bonds. The van der Waals surface area contributed by atoms with E-state index in [4.69, 9.17) is 4.74 Å². The first-order valence-corrected chi connectivity index (χ1v) is 9.71. The van der Waals surface area contributed by atoms with Gasteiger partial charge in [0.1, 0.15) is 5.82 Å². The molecule has 2 aromatic carbocycles. The van der Waals surface area contributed by atoms with E-state index in [0.717, 1.165) is 37.4 Å². The highest BCUT2D eigenvalue weighted by molar-refractivity contribution is 5.74. The smallest absolute Gasteiger partial charge is 0.317 e. The van der Waals surface area contributed by atoms with E-state index in [-0.39, 0.29) is 17.9 Å². The Kier molecular flexibility index (Phi) is 6.87. The third kappa shape index (κ3) is 5.45. The van der Waals surface area contributed by atoms with E-state index in [1.165, 1.54) is 17.8 Å². The number of hydrogen-bond donors (Lipinski definition) is 1. The van der Waals surface area contributed by atoms with Crippen LogP contribution < -0.4 is 10.2 Å². The fraction of sp³-hybridized carbons (Fsp3) is 0.409. The lowest BCUT2D eigenvalue weighted by atomic mass is 10.1. The Balaban J connectivity index is 1.49. The van der Waals surface area contributed by atoms with Gasteiger partial charge in [0.2, 0.25) is 0 Å². The van der Waals surface area contributed by atoms with Gasteiger partial charge in [0, 0.05) is 32.4 Å². The van der Waals surface area contributed by atoms with Crippen LogP contribution in [0.25, 0.3) is 0 Å². The number of nitrogens with zero attached hydrogens (tertiary/aromatic N) is 2. The van der Waals surface area contributed by atoms with Crippen molar-refractivity contribution in [1.82, 2.24) is 10.2 Å². The van der Waals surface area contributed by atoms with Gasteiger partial charge >= 0.3 is 6.03 Å². The summed E-state index contributed by atoms with van der Waals surface area (Å²) in [4.78, 5) is 16.4. The van der Waals surface area contributed by atoms with Crippen LogP contribution in [0, 0.1) is 5.82 Å². The number of carbonyl (C=O) groups excluding carboxylic acids is 1. The molecule has 1 unspecified atom stereocenters. The molecule has 0 spiro atoms. The molecule has 1 saturated heterocycles. The highest BCUT2D eigenvalue weighted by Crippen LogP contribution is 2.20. The normalized spacial score (nSPS) is 15.2. The fourth-order valence-electron chi connectivity index (χ4n) is 3.22. The van der Waals surface area contributed by atoms with E-state index in [1.54, 1.807) is 24.1 Å². The first kappa shape index (κ1) is 20.1. The molecule has 1 heterocycles. The molecule has 150 valence electrons. The lowest BCUT2D eigenvalue weighted by Gasteiger charge is -2.29. The molecule has 6 heteroatoms. The largest absolute Gasteiger partial charge is 0.378 e. The van der Waals surface area contributed by atoms with Gasteiger partial charge in [0.25, 0.3) is 0 Å². The monoisotopic (exact) mass is 385 g/mol. The maximum Gasteiger partial charge on any atom is 0.317 e. The number of likely N-dealkylation sites (N-methyl/N-ethyl adjacent to an activating group) is 1. The van der Waals surface area contributed by atoms with E-state index < -0.39 is 0 Å². The Morgan fingerprint density at radius 1 is 1.14 bits per heavy atom. The highest BCUT2D eigenvalue weighted by atomic mass is 19.1. The summed E-state index contributed by atoms with van der Waals surface area (Å²) in [6.45, 7) is 5.89. The Morgan fingerprint density at radius 2 is 1.79 bits per heavy atom. The van der Waals surface area contributed by atoms with Crippen molar-refractivity contribution in [2.75, 3.05) is 44.8 Å². The zero-order valence-corrected chi connectivity index (χ0v) is 16.5. The van der Waals surface area contributed by atoms with Crippen molar-refractivity contribution in [3.05, 3.63) is 65.5 Å². The van der Waals surface area contributed by atoms with Crippen molar-refractivity contribution in [3.63, 3.8) is 0 Å². The van der Waals surface area contributed by atoms with Gasteiger partial charge in [-0.25, -0.2) is 9.18 Å².